The summed E-state index contributed by atoms with van der Waals surface area (Å²) in [7, 11) is 0. The van der Waals surface area contributed by atoms with E-state index in [-0.39, 0.29) is 17.8 Å². The summed E-state index contributed by atoms with van der Waals surface area (Å²) in [4.78, 5) is 24.6. The number of likely N-dealkylation sites (N-methyl/N-ethyl adjacent to an activating group) is 1. The van der Waals surface area contributed by atoms with Crippen LogP contribution in [0, 0.1) is 17.0 Å². The SMILES string of the molecule is CCN(CC(O)c1ccc(C)cc1)C(=O)c1ccccc1[N+](=O)[O-]. The Bertz CT molecular complexity index is 728. The van der Waals surface area contributed by atoms with E-state index in [9.17, 15) is 20.0 Å². The van der Waals surface area contributed by atoms with Gasteiger partial charge < -0.3 is 10.0 Å². The fourth-order valence-electron chi connectivity index (χ4n) is 2.44. The summed E-state index contributed by atoms with van der Waals surface area (Å²) in [6.45, 7) is 4.14. The van der Waals surface area contributed by atoms with Gasteiger partial charge in [-0.3, -0.25) is 14.9 Å². The minimum atomic E-state index is -0.850. The van der Waals surface area contributed by atoms with Gasteiger partial charge >= 0.3 is 0 Å². The molecule has 2 rings (SSSR count). The van der Waals surface area contributed by atoms with Crippen molar-refractivity contribution >= 4 is 11.6 Å². The second-order valence-electron chi connectivity index (χ2n) is 5.54. The first kappa shape index (κ1) is 17.6. The molecule has 1 unspecified atom stereocenters. The lowest BCUT2D eigenvalue weighted by Gasteiger charge is -2.24. The lowest BCUT2D eigenvalue weighted by atomic mass is 10.1. The molecule has 0 aliphatic heterocycles. The Hall–Kier alpha value is -2.73. The van der Waals surface area contributed by atoms with Crippen LogP contribution in [-0.4, -0.2) is 33.9 Å². The fourth-order valence-corrected chi connectivity index (χ4v) is 2.44. The van der Waals surface area contributed by atoms with Crippen LogP contribution >= 0.6 is 0 Å². The molecule has 0 saturated carbocycles. The zero-order valence-corrected chi connectivity index (χ0v) is 13.7. The van der Waals surface area contributed by atoms with Gasteiger partial charge in [0.05, 0.1) is 17.6 Å². The number of para-hydroxylation sites is 1. The minimum Gasteiger partial charge on any atom is -0.387 e. The first-order valence-corrected chi connectivity index (χ1v) is 7.71. The summed E-state index contributed by atoms with van der Waals surface area (Å²) in [6, 6.07) is 13.2. The fraction of sp³-hybridized carbons (Fsp3) is 0.278. The lowest BCUT2D eigenvalue weighted by molar-refractivity contribution is -0.385. The molecular weight excluding hydrogens is 308 g/mol. The molecule has 24 heavy (non-hydrogen) atoms. The molecule has 0 radical (unpaired) electrons. The van der Waals surface area contributed by atoms with Gasteiger partial charge in [0.15, 0.2) is 0 Å². The van der Waals surface area contributed by atoms with Crippen LogP contribution < -0.4 is 0 Å². The second kappa shape index (κ2) is 7.70. The van der Waals surface area contributed by atoms with Crippen LogP contribution in [0.5, 0.6) is 0 Å². The van der Waals surface area contributed by atoms with Gasteiger partial charge in [-0.1, -0.05) is 42.0 Å². The summed E-state index contributed by atoms with van der Waals surface area (Å²) < 4.78 is 0. The highest BCUT2D eigenvalue weighted by Gasteiger charge is 2.25. The third kappa shape index (κ3) is 3.97. The molecule has 6 heteroatoms. The molecule has 0 aliphatic rings. The van der Waals surface area contributed by atoms with E-state index in [2.05, 4.69) is 0 Å². The van der Waals surface area contributed by atoms with E-state index < -0.39 is 16.9 Å². The number of nitro benzene ring substituents is 1. The highest BCUT2D eigenvalue weighted by molar-refractivity contribution is 5.98. The van der Waals surface area contributed by atoms with Crippen molar-refractivity contribution in [2.75, 3.05) is 13.1 Å². The Kier molecular flexibility index (Phi) is 5.65. The van der Waals surface area contributed by atoms with Gasteiger partial charge in [-0.25, -0.2) is 0 Å². The molecule has 2 aromatic rings. The van der Waals surface area contributed by atoms with Crippen LogP contribution in [0.3, 0.4) is 0 Å². The van der Waals surface area contributed by atoms with E-state index in [1.165, 1.54) is 23.1 Å². The third-order valence-electron chi connectivity index (χ3n) is 3.86. The average molecular weight is 328 g/mol. The summed E-state index contributed by atoms with van der Waals surface area (Å²) >= 11 is 0. The van der Waals surface area contributed by atoms with Crippen LogP contribution in [0.15, 0.2) is 48.5 Å². The van der Waals surface area contributed by atoms with Crippen LogP contribution in [0.4, 0.5) is 5.69 Å². The Morgan fingerprint density at radius 2 is 1.83 bits per heavy atom. The number of aliphatic hydroxyl groups excluding tert-OH is 1. The van der Waals surface area contributed by atoms with Gasteiger partial charge in [0.1, 0.15) is 5.56 Å². The molecule has 0 fully saturated rings. The van der Waals surface area contributed by atoms with E-state index in [1.54, 1.807) is 13.0 Å². The van der Waals surface area contributed by atoms with E-state index in [0.29, 0.717) is 12.1 Å². The molecular formula is C18H20N2O4. The molecule has 1 N–H and O–H groups in total. The van der Waals surface area contributed by atoms with Gasteiger partial charge in [0.2, 0.25) is 0 Å². The maximum Gasteiger partial charge on any atom is 0.282 e. The van der Waals surface area contributed by atoms with Gasteiger partial charge in [-0.05, 0) is 25.5 Å². The molecule has 6 nitrogen and oxygen atoms in total. The molecule has 1 atom stereocenters. The number of carbonyl (C=O) groups is 1. The summed E-state index contributed by atoms with van der Waals surface area (Å²) in [5, 5.41) is 21.5. The van der Waals surface area contributed by atoms with Crippen molar-refractivity contribution in [2.45, 2.75) is 20.0 Å². The predicted octanol–water partition coefficient (Wildman–Crippen LogP) is 3.10. The van der Waals surface area contributed by atoms with E-state index in [0.717, 1.165) is 5.56 Å². The van der Waals surface area contributed by atoms with Crippen molar-refractivity contribution in [3.05, 3.63) is 75.3 Å². The molecule has 126 valence electrons. The Morgan fingerprint density at radius 1 is 1.21 bits per heavy atom. The van der Waals surface area contributed by atoms with E-state index in [4.69, 9.17) is 0 Å². The Labute approximate surface area is 140 Å². The predicted molar refractivity (Wildman–Crippen MR) is 90.8 cm³/mol. The van der Waals surface area contributed by atoms with Crippen LogP contribution in [-0.2, 0) is 0 Å². The molecule has 0 aromatic heterocycles. The maximum absolute atomic E-state index is 12.6. The molecule has 1 amide bonds. The summed E-state index contributed by atoms with van der Waals surface area (Å²) in [5.41, 5.74) is 1.58. The normalized spacial score (nSPS) is 11.8. The number of benzene rings is 2. The third-order valence-corrected chi connectivity index (χ3v) is 3.86. The molecule has 2 aromatic carbocycles. The monoisotopic (exact) mass is 328 g/mol. The molecule has 0 heterocycles. The largest absolute Gasteiger partial charge is 0.387 e. The number of nitro groups is 1. The number of nitrogens with zero attached hydrogens (tertiary/aromatic N) is 2. The van der Waals surface area contributed by atoms with Gasteiger partial charge in [0.25, 0.3) is 11.6 Å². The zero-order chi connectivity index (χ0) is 17.7. The molecule has 0 bridgehead atoms. The highest BCUT2D eigenvalue weighted by Crippen LogP contribution is 2.21. The van der Waals surface area contributed by atoms with Crippen molar-refractivity contribution < 1.29 is 14.8 Å². The zero-order valence-electron chi connectivity index (χ0n) is 13.7. The highest BCUT2D eigenvalue weighted by atomic mass is 16.6. The molecule has 0 aliphatic carbocycles. The van der Waals surface area contributed by atoms with Crippen molar-refractivity contribution in [3.8, 4) is 0 Å². The van der Waals surface area contributed by atoms with E-state index in [1.807, 2.05) is 31.2 Å². The van der Waals surface area contributed by atoms with Crippen molar-refractivity contribution in [3.63, 3.8) is 0 Å². The first-order chi connectivity index (χ1) is 11.4. The Balaban J connectivity index is 2.20. The number of hydrogen-bond donors (Lipinski definition) is 1. The maximum atomic E-state index is 12.6. The van der Waals surface area contributed by atoms with Gasteiger partial charge in [-0.15, -0.1) is 0 Å². The van der Waals surface area contributed by atoms with Crippen molar-refractivity contribution in [2.24, 2.45) is 0 Å². The minimum absolute atomic E-state index is 0.0282. The number of amides is 1. The Morgan fingerprint density at radius 3 is 2.42 bits per heavy atom. The van der Waals surface area contributed by atoms with Crippen molar-refractivity contribution in [1.29, 1.82) is 0 Å². The van der Waals surface area contributed by atoms with Crippen LogP contribution in [0.1, 0.15) is 34.5 Å². The number of aryl methyl sites for hydroxylation is 1. The van der Waals surface area contributed by atoms with Crippen LogP contribution in [0.2, 0.25) is 0 Å². The first-order valence-electron chi connectivity index (χ1n) is 7.71. The number of aliphatic hydroxyl groups is 1. The molecule has 0 saturated heterocycles. The lowest BCUT2D eigenvalue weighted by Crippen LogP contribution is -2.35. The number of hydrogen-bond acceptors (Lipinski definition) is 4. The summed E-state index contributed by atoms with van der Waals surface area (Å²) in [6.07, 6.45) is -0.850. The van der Waals surface area contributed by atoms with E-state index >= 15 is 0 Å². The van der Waals surface area contributed by atoms with Crippen molar-refractivity contribution in [1.82, 2.24) is 4.90 Å². The summed E-state index contributed by atoms with van der Waals surface area (Å²) in [5.74, 6) is -0.462. The smallest absolute Gasteiger partial charge is 0.282 e. The molecule has 0 spiro atoms. The number of rotatable bonds is 6. The average Bonchev–Trinajstić information content (AvgIpc) is 2.59. The standard InChI is InChI=1S/C18H20N2O4/c1-3-19(12-17(21)14-10-8-13(2)9-11-14)18(22)15-6-4-5-7-16(15)20(23)24/h4-11,17,21H,3,12H2,1-2H3. The number of carbonyl (C=O) groups excluding carboxylic acids is 1. The van der Waals surface area contributed by atoms with Gasteiger partial charge in [-0.2, -0.15) is 0 Å². The topological polar surface area (TPSA) is 83.7 Å². The second-order valence-corrected chi connectivity index (χ2v) is 5.54. The van der Waals surface area contributed by atoms with Crippen LogP contribution in [0.25, 0.3) is 0 Å². The van der Waals surface area contributed by atoms with Gasteiger partial charge in [0, 0.05) is 12.6 Å². The quantitative estimate of drug-likeness (QED) is 0.652.